The highest BCUT2D eigenvalue weighted by atomic mass is 32.2. The summed E-state index contributed by atoms with van der Waals surface area (Å²) < 4.78 is 18.8. The lowest BCUT2D eigenvalue weighted by molar-refractivity contribution is 0.437. The van der Waals surface area contributed by atoms with Gasteiger partial charge in [0.2, 0.25) is 17.1 Å². The smallest absolute Gasteiger partial charge is 0.234 e. The van der Waals surface area contributed by atoms with E-state index >= 15 is 0 Å². The number of fused-ring (bicyclic) bond motifs is 1. The number of anilines is 1. The van der Waals surface area contributed by atoms with Crippen LogP contribution in [0.1, 0.15) is 31.1 Å². The molecule has 2 heterocycles. The van der Waals surface area contributed by atoms with Gasteiger partial charge in [0.25, 0.3) is 0 Å². The van der Waals surface area contributed by atoms with E-state index in [0.717, 1.165) is 34.9 Å². The van der Waals surface area contributed by atoms with Gasteiger partial charge in [-0.15, -0.1) is 9.89 Å². The van der Waals surface area contributed by atoms with Gasteiger partial charge in [0.05, 0.1) is 18.5 Å². The number of nitrogens with one attached hydrogen (secondary N) is 1. The predicted molar refractivity (Wildman–Crippen MR) is 112 cm³/mol. The van der Waals surface area contributed by atoms with Crippen LogP contribution in [0.15, 0.2) is 28.3 Å². The van der Waals surface area contributed by atoms with Crippen LogP contribution in [0, 0.1) is 13.8 Å². The molecule has 0 amide bonds. The Hall–Kier alpha value is -2.43. The molecule has 1 atom stereocenters. The van der Waals surface area contributed by atoms with E-state index in [0.29, 0.717) is 24.7 Å². The minimum Gasteiger partial charge on any atom is -0.370 e. The van der Waals surface area contributed by atoms with Crippen LogP contribution in [0.4, 0.5) is 11.4 Å². The normalized spacial score (nSPS) is 15.6. The van der Waals surface area contributed by atoms with E-state index in [1.807, 2.05) is 32.9 Å². The third kappa shape index (κ3) is 4.34. The molecule has 3 rings (SSSR count). The summed E-state index contributed by atoms with van der Waals surface area (Å²) in [5, 5.41) is 8.62. The Balaban J connectivity index is 1.79. The van der Waals surface area contributed by atoms with Crippen LogP contribution in [0.25, 0.3) is 0 Å². The van der Waals surface area contributed by atoms with Crippen molar-refractivity contribution in [2.45, 2.75) is 27.7 Å². The Morgan fingerprint density at radius 2 is 2.11 bits per heavy atom. The second-order valence-electron chi connectivity index (χ2n) is 6.36. The highest BCUT2D eigenvalue weighted by Crippen LogP contribution is 2.26. The van der Waals surface area contributed by atoms with Gasteiger partial charge in [0.1, 0.15) is 5.71 Å². The molecule has 1 aliphatic heterocycles. The van der Waals surface area contributed by atoms with Crippen LogP contribution >= 0.6 is 0 Å². The number of aromatic nitrogens is 3. The van der Waals surface area contributed by atoms with Gasteiger partial charge in [0, 0.05) is 25.3 Å². The first kappa shape index (κ1) is 20.3. The van der Waals surface area contributed by atoms with Crippen molar-refractivity contribution < 1.29 is 8.39 Å². The molecule has 1 unspecified atom stereocenters. The van der Waals surface area contributed by atoms with E-state index in [2.05, 4.69) is 37.8 Å². The zero-order chi connectivity index (χ0) is 20.3. The molecule has 9 nitrogen and oxygen atoms in total. The van der Waals surface area contributed by atoms with Gasteiger partial charge >= 0.3 is 0 Å². The van der Waals surface area contributed by atoms with Gasteiger partial charge in [-0.25, -0.2) is 18.9 Å². The first-order valence-corrected chi connectivity index (χ1v) is 10.1. The SMILES string of the molecule is CCN(CCNS(=O)OC)c1ccc(N=C2C(C)=Nn3nc(C)nc32)c(C)c1. The standard InChI is InChI=1S/C18H25N7O2S/c1-6-24(10-9-19-28(26)27-5)15-7-8-16(12(2)11-15)21-17-13(3)22-25-18(17)20-14(4)23-25/h7-8,11,19H,6,9-10H2,1-5H3. The molecule has 0 spiro atoms. The van der Waals surface area contributed by atoms with Gasteiger partial charge in [-0.05, 0) is 51.5 Å². The third-order valence-corrected chi connectivity index (χ3v) is 5.15. The van der Waals surface area contributed by atoms with Crippen molar-refractivity contribution in [1.82, 2.24) is 19.6 Å². The maximum Gasteiger partial charge on any atom is 0.234 e. The summed E-state index contributed by atoms with van der Waals surface area (Å²) in [5.41, 5.74) is 4.56. The van der Waals surface area contributed by atoms with Crippen molar-refractivity contribution in [3.05, 3.63) is 35.4 Å². The van der Waals surface area contributed by atoms with Crippen molar-refractivity contribution in [3.63, 3.8) is 0 Å². The molecule has 0 aliphatic carbocycles. The first-order valence-electron chi connectivity index (χ1n) is 9.07. The maximum absolute atomic E-state index is 11.3. The number of nitrogens with zero attached hydrogens (tertiary/aromatic N) is 6. The van der Waals surface area contributed by atoms with Crippen LogP contribution in [-0.2, 0) is 15.4 Å². The largest absolute Gasteiger partial charge is 0.370 e. The molecule has 1 aromatic heterocycles. The number of hydrogen-bond donors (Lipinski definition) is 1. The van der Waals surface area contributed by atoms with E-state index in [-0.39, 0.29) is 0 Å². The fourth-order valence-corrected chi connectivity index (χ4v) is 3.36. The fraction of sp³-hybridized carbons (Fsp3) is 0.444. The summed E-state index contributed by atoms with van der Waals surface area (Å²) in [4.78, 5) is 12.9. The Morgan fingerprint density at radius 1 is 1.32 bits per heavy atom. The molecule has 1 aliphatic rings. The minimum absolute atomic E-state index is 0.558. The Labute approximate surface area is 167 Å². The van der Waals surface area contributed by atoms with Gasteiger partial charge < -0.3 is 4.90 Å². The lowest BCUT2D eigenvalue weighted by Gasteiger charge is -2.23. The second-order valence-corrected chi connectivity index (χ2v) is 7.46. The van der Waals surface area contributed by atoms with Crippen LogP contribution in [0.3, 0.4) is 0 Å². The molecule has 2 aromatic rings. The summed E-state index contributed by atoms with van der Waals surface area (Å²) in [5.74, 6) is 1.35. The van der Waals surface area contributed by atoms with Crippen LogP contribution in [0.5, 0.6) is 0 Å². The average molecular weight is 404 g/mol. The number of aryl methyl sites for hydroxylation is 2. The molecule has 150 valence electrons. The molecule has 0 bridgehead atoms. The van der Waals surface area contributed by atoms with Gasteiger partial charge in [-0.3, -0.25) is 4.18 Å². The first-order chi connectivity index (χ1) is 13.4. The van der Waals surface area contributed by atoms with Crippen molar-refractivity contribution in [2.75, 3.05) is 31.6 Å². The Bertz CT molecular complexity index is 951. The molecule has 0 saturated carbocycles. The van der Waals surface area contributed by atoms with Crippen LogP contribution < -0.4 is 9.62 Å². The maximum atomic E-state index is 11.3. The molecule has 0 saturated heterocycles. The van der Waals surface area contributed by atoms with Gasteiger partial charge in [-0.2, -0.15) is 5.10 Å². The summed E-state index contributed by atoms with van der Waals surface area (Å²) in [7, 11) is 1.41. The zero-order valence-corrected chi connectivity index (χ0v) is 17.6. The van der Waals surface area contributed by atoms with E-state index in [9.17, 15) is 4.21 Å². The number of rotatable bonds is 8. The molecular weight excluding hydrogens is 378 g/mol. The Kier molecular flexibility index (Phi) is 6.32. The molecule has 28 heavy (non-hydrogen) atoms. The Morgan fingerprint density at radius 3 is 2.79 bits per heavy atom. The topological polar surface area (TPSA) is 97.0 Å². The fourth-order valence-electron chi connectivity index (χ4n) is 2.98. The van der Waals surface area contributed by atoms with Gasteiger partial charge in [0.15, 0.2) is 5.82 Å². The van der Waals surface area contributed by atoms with Gasteiger partial charge in [-0.1, -0.05) is 0 Å². The monoisotopic (exact) mass is 403 g/mol. The predicted octanol–water partition coefficient (Wildman–Crippen LogP) is 1.89. The highest BCUT2D eigenvalue weighted by molar-refractivity contribution is 7.78. The molecular formula is C18H25N7O2S. The molecule has 0 radical (unpaired) electrons. The lowest BCUT2D eigenvalue weighted by atomic mass is 10.1. The summed E-state index contributed by atoms with van der Waals surface area (Å²) in [6.45, 7) is 9.97. The highest BCUT2D eigenvalue weighted by Gasteiger charge is 2.23. The van der Waals surface area contributed by atoms with E-state index in [1.165, 1.54) is 11.9 Å². The van der Waals surface area contributed by atoms with E-state index in [4.69, 9.17) is 9.18 Å². The average Bonchev–Trinajstić information content (AvgIpc) is 3.16. The van der Waals surface area contributed by atoms with Crippen LogP contribution in [-0.4, -0.2) is 57.2 Å². The molecule has 10 heteroatoms. The van der Waals surface area contributed by atoms with Crippen molar-refractivity contribution in [1.29, 1.82) is 0 Å². The summed E-state index contributed by atoms with van der Waals surface area (Å²) in [6.07, 6.45) is 0. The lowest BCUT2D eigenvalue weighted by Crippen LogP contribution is -2.33. The second kappa shape index (κ2) is 8.72. The number of hydrogen-bond acceptors (Lipinski definition) is 7. The van der Waals surface area contributed by atoms with Crippen molar-refractivity contribution in [2.24, 2.45) is 10.1 Å². The molecule has 1 aromatic carbocycles. The third-order valence-electron chi connectivity index (χ3n) is 4.41. The number of aliphatic imine (C=N–C) groups is 1. The molecule has 0 fully saturated rings. The van der Waals surface area contributed by atoms with E-state index in [1.54, 1.807) is 0 Å². The van der Waals surface area contributed by atoms with Crippen molar-refractivity contribution in [3.8, 4) is 0 Å². The number of benzene rings is 1. The summed E-state index contributed by atoms with van der Waals surface area (Å²) in [6, 6.07) is 6.15. The van der Waals surface area contributed by atoms with Crippen LogP contribution in [0.2, 0.25) is 0 Å². The summed E-state index contributed by atoms with van der Waals surface area (Å²) >= 11 is -1.45. The van der Waals surface area contributed by atoms with E-state index < -0.39 is 11.3 Å². The van der Waals surface area contributed by atoms with Crippen molar-refractivity contribution >= 4 is 34.1 Å². The number of likely N-dealkylation sites (N-methyl/N-ethyl adjacent to an activating group) is 1. The quantitative estimate of drug-likeness (QED) is 0.726. The zero-order valence-electron chi connectivity index (χ0n) is 16.8. The molecule has 1 N–H and O–H groups in total. The minimum atomic E-state index is -1.45.